The van der Waals surface area contributed by atoms with Gasteiger partial charge in [0.25, 0.3) is 0 Å². The SMILES string of the molecule is N#C/C1=C/NCCCCCCN=C/C(C#N)=C\NCCCCCCN=C1. The first-order valence-corrected chi connectivity index (χ1v) is 9.54. The number of rotatable bonds is 0. The van der Waals surface area contributed by atoms with E-state index in [4.69, 9.17) is 10.5 Å². The Hall–Kier alpha value is -2.60. The van der Waals surface area contributed by atoms with Gasteiger partial charge >= 0.3 is 0 Å². The van der Waals surface area contributed by atoms with E-state index in [-0.39, 0.29) is 0 Å². The van der Waals surface area contributed by atoms with Crippen LogP contribution in [0.1, 0.15) is 51.4 Å². The maximum atomic E-state index is 9.10. The van der Waals surface area contributed by atoms with E-state index in [1.807, 2.05) is 0 Å². The Kier molecular flexibility index (Phi) is 13.1. The van der Waals surface area contributed by atoms with Gasteiger partial charge in [-0.05, 0) is 25.7 Å². The number of aliphatic imine (C=N–C) groups is 2. The first-order valence-electron chi connectivity index (χ1n) is 9.54. The van der Waals surface area contributed by atoms with Crippen molar-refractivity contribution in [1.82, 2.24) is 10.6 Å². The van der Waals surface area contributed by atoms with Crippen molar-refractivity contribution in [2.45, 2.75) is 51.4 Å². The second kappa shape index (κ2) is 15.9. The summed E-state index contributed by atoms with van der Waals surface area (Å²) < 4.78 is 0. The molecule has 1 aliphatic rings. The van der Waals surface area contributed by atoms with Crippen molar-refractivity contribution < 1.29 is 0 Å². The maximum Gasteiger partial charge on any atom is 0.102 e. The van der Waals surface area contributed by atoms with Gasteiger partial charge in [-0.1, -0.05) is 25.7 Å². The Labute approximate surface area is 157 Å². The highest BCUT2D eigenvalue weighted by Gasteiger charge is 1.94. The molecule has 140 valence electrons. The highest BCUT2D eigenvalue weighted by Crippen LogP contribution is 2.01. The number of nitrogens with one attached hydrogen (secondary N) is 2. The van der Waals surface area contributed by atoms with Gasteiger partial charge in [-0.25, -0.2) is 0 Å². The molecule has 6 nitrogen and oxygen atoms in total. The van der Waals surface area contributed by atoms with Gasteiger partial charge in [-0.3, -0.25) is 9.98 Å². The molecule has 26 heavy (non-hydrogen) atoms. The van der Waals surface area contributed by atoms with E-state index in [9.17, 15) is 0 Å². The smallest absolute Gasteiger partial charge is 0.102 e. The lowest BCUT2D eigenvalue weighted by Gasteiger charge is -2.02. The summed E-state index contributed by atoms with van der Waals surface area (Å²) in [6.45, 7) is 3.22. The molecular formula is C20H30N6. The molecule has 0 fully saturated rings. The molecule has 0 aromatic rings. The summed E-state index contributed by atoms with van der Waals surface area (Å²) in [5, 5.41) is 24.6. The highest BCUT2D eigenvalue weighted by atomic mass is 14.8. The Morgan fingerprint density at radius 1 is 0.654 bits per heavy atom. The largest absolute Gasteiger partial charge is 0.390 e. The summed E-state index contributed by atoms with van der Waals surface area (Å²) >= 11 is 0. The van der Waals surface area contributed by atoms with Crippen LogP contribution in [0.3, 0.4) is 0 Å². The van der Waals surface area contributed by atoms with E-state index in [1.165, 1.54) is 0 Å². The van der Waals surface area contributed by atoms with E-state index in [0.717, 1.165) is 77.5 Å². The van der Waals surface area contributed by atoms with Gasteiger partial charge in [0, 0.05) is 51.0 Å². The Bertz CT molecular complexity index is 522. The van der Waals surface area contributed by atoms with Gasteiger partial charge in [0.05, 0.1) is 11.1 Å². The molecule has 1 rings (SSSR count). The average Bonchev–Trinajstić information content (AvgIpc) is 2.66. The third kappa shape index (κ3) is 11.9. The lowest BCUT2D eigenvalue weighted by molar-refractivity contribution is 0.629. The van der Waals surface area contributed by atoms with E-state index < -0.39 is 0 Å². The van der Waals surface area contributed by atoms with Crippen molar-refractivity contribution in [3.63, 3.8) is 0 Å². The summed E-state index contributed by atoms with van der Waals surface area (Å²) in [7, 11) is 0. The lowest BCUT2D eigenvalue weighted by Crippen LogP contribution is -2.09. The molecule has 0 radical (unpaired) electrons. The van der Waals surface area contributed by atoms with Crippen LogP contribution in [0.2, 0.25) is 0 Å². The van der Waals surface area contributed by atoms with Gasteiger partial charge in [0.15, 0.2) is 0 Å². The molecule has 1 aliphatic heterocycles. The van der Waals surface area contributed by atoms with Crippen LogP contribution in [0.4, 0.5) is 0 Å². The summed E-state index contributed by atoms with van der Waals surface area (Å²) in [4.78, 5) is 8.65. The zero-order valence-electron chi connectivity index (χ0n) is 15.6. The minimum absolute atomic E-state index is 0.575. The summed E-state index contributed by atoms with van der Waals surface area (Å²) in [6.07, 6.45) is 15.4. The monoisotopic (exact) mass is 354 g/mol. The Morgan fingerprint density at radius 3 is 1.50 bits per heavy atom. The standard InChI is InChI=1S/C20H30N6/c21-13-19-15-23-9-5-1-2-6-10-24-16-20(14-22)18-26-12-8-4-3-7-11-25-17-19/h15-18,23,26H,1-12H2/b19-15-,20-18-,24-16?,25-17?. The Morgan fingerprint density at radius 2 is 1.08 bits per heavy atom. The predicted octanol–water partition coefficient (Wildman–Crippen LogP) is 3.26. The Balaban J connectivity index is 2.46. The number of hydrogen-bond donors (Lipinski definition) is 2. The van der Waals surface area contributed by atoms with E-state index >= 15 is 0 Å². The molecule has 0 unspecified atom stereocenters. The van der Waals surface area contributed by atoms with Gasteiger partial charge in [-0.2, -0.15) is 10.5 Å². The summed E-state index contributed by atoms with van der Waals surface area (Å²) in [5.74, 6) is 0. The van der Waals surface area contributed by atoms with Crippen LogP contribution in [0.5, 0.6) is 0 Å². The molecular weight excluding hydrogens is 324 g/mol. The van der Waals surface area contributed by atoms with Crippen molar-refractivity contribution in [3.8, 4) is 12.1 Å². The van der Waals surface area contributed by atoms with Crippen LogP contribution < -0.4 is 10.6 Å². The molecule has 0 saturated heterocycles. The van der Waals surface area contributed by atoms with Crippen LogP contribution in [0.15, 0.2) is 33.5 Å². The zero-order valence-corrected chi connectivity index (χ0v) is 15.6. The second-order valence-corrected chi connectivity index (χ2v) is 6.23. The molecule has 1 heterocycles. The fourth-order valence-corrected chi connectivity index (χ4v) is 2.45. The molecule has 0 atom stereocenters. The molecule has 0 aromatic carbocycles. The molecule has 0 amide bonds. The van der Waals surface area contributed by atoms with Crippen LogP contribution in [-0.4, -0.2) is 38.6 Å². The highest BCUT2D eigenvalue weighted by molar-refractivity contribution is 5.83. The molecule has 0 aliphatic carbocycles. The third-order valence-electron chi connectivity index (χ3n) is 3.95. The summed E-state index contributed by atoms with van der Waals surface area (Å²) in [5.41, 5.74) is 1.15. The van der Waals surface area contributed by atoms with Gasteiger partial charge in [0.1, 0.15) is 12.1 Å². The fourth-order valence-electron chi connectivity index (χ4n) is 2.45. The molecule has 0 bridgehead atoms. The van der Waals surface area contributed by atoms with Crippen LogP contribution in [0.25, 0.3) is 0 Å². The number of nitriles is 2. The zero-order chi connectivity index (χ0) is 18.7. The van der Waals surface area contributed by atoms with Gasteiger partial charge < -0.3 is 10.6 Å². The maximum absolute atomic E-state index is 9.10. The second-order valence-electron chi connectivity index (χ2n) is 6.23. The quantitative estimate of drug-likeness (QED) is 0.698. The third-order valence-corrected chi connectivity index (χ3v) is 3.95. The van der Waals surface area contributed by atoms with Crippen LogP contribution in [0, 0.1) is 22.7 Å². The minimum Gasteiger partial charge on any atom is -0.390 e. The molecule has 0 saturated carbocycles. The van der Waals surface area contributed by atoms with Crippen molar-refractivity contribution >= 4 is 12.4 Å². The molecule has 2 N–H and O–H groups in total. The topological polar surface area (TPSA) is 96.4 Å². The predicted molar refractivity (Wildman–Crippen MR) is 107 cm³/mol. The summed E-state index contributed by atoms with van der Waals surface area (Å²) in [6, 6.07) is 4.32. The molecule has 0 aromatic heterocycles. The number of nitrogens with zero attached hydrogens (tertiary/aromatic N) is 4. The number of allylic oxidation sites excluding steroid dienone is 2. The molecule has 6 heteroatoms. The van der Waals surface area contributed by atoms with Crippen molar-refractivity contribution in [1.29, 1.82) is 10.5 Å². The van der Waals surface area contributed by atoms with Gasteiger partial charge in [0.2, 0.25) is 0 Å². The van der Waals surface area contributed by atoms with Crippen molar-refractivity contribution in [3.05, 3.63) is 23.5 Å². The fraction of sp³-hybridized carbons (Fsp3) is 0.600. The average molecular weight is 355 g/mol. The van der Waals surface area contributed by atoms with Crippen molar-refractivity contribution in [2.75, 3.05) is 26.2 Å². The first kappa shape index (κ1) is 21.4. The minimum atomic E-state index is 0.575. The lowest BCUT2D eigenvalue weighted by atomic mass is 10.2. The number of hydrogen-bond acceptors (Lipinski definition) is 6. The van der Waals surface area contributed by atoms with E-state index in [2.05, 4.69) is 32.8 Å². The van der Waals surface area contributed by atoms with Crippen molar-refractivity contribution in [2.24, 2.45) is 9.98 Å². The van der Waals surface area contributed by atoms with Gasteiger partial charge in [-0.15, -0.1) is 0 Å². The molecule has 0 spiro atoms. The normalized spacial score (nSPS) is 23.2. The first-order chi connectivity index (χ1) is 12.9. The van der Waals surface area contributed by atoms with E-state index in [1.54, 1.807) is 24.8 Å². The van der Waals surface area contributed by atoms with Crippen LogP contribution in [-0.2, 0) is 0 Å². The van der Waals surface area contributed by atoms with Crippen LogP contribution >= 0.6 is 0 Å². The van der Waals surface area contributed by atoms with E-state index in [0.29, 0.717) is 11.1 Å².